The molecule has 0 spiro atoms. The van der Waals surface area contributed by atoms with E-state index in [2.05, 4.69) is 20.8 Å². The minimum Gasteiger partial charge on any atom is -0.469 e. The van der Waals surface area contributed by atoms with E-state index in [0.717, 1.165) is 11.3 Å². The summed E-state index contributed by atoms with van der Waals surface area (Å²) in [5, 5.41) is 12.9. The molecule has 2 N–H and O–H groups in total. The molecular weight excluding hydrogens is 306 g/mol. The third kappa shape index (κ3) is 3.30. The van der Waals surface area contributed by atoms with E-state index < -0.39 is 17.2 Å². The predicted molar refractivity (Wildman–Crippen MR) is 81.4 cm³/mol. The molecule has 2 aromatic rings. The molecule has 2 aromatic heterocycles. The Balaban J connectivity index is 2.11. The molecule has 0 saturated carbocycles. The first kappa shape index (κ1) is 16.1. The van der Waals surface area contributed by atoms with Crippen LogP contribution in [0.2, 0.25) is 0 Å². The molecule has 0 fully saturated rings. The number of aromatic nitrogens is 3. The highest BCUT2D eigenvalue weighted by atomic mass is 32.2. The maximum atomic E-state index is 11.9. The summed E-state index contributed by atoms with van der Waals surface area (Å²) < 4.78 is 7.05. The van der Waals surface area contributed by atoms with E-state index in [1.54, 1.807) is 17.8 Å². The summed E-state index contributed by atoms with van der Waals surface area (Å²) in [5.74, 6) is 1.01. The minimum absolute atomic E-state index is 0.395. The summed E-state index contributed by atoms with van der Waals surface area (Å²) in [7, 11) is 3.26. The Morgan fingerprint density at radius 2 is 2.14 bits per heavy atom. The monoisotopic (exact) mass is 323 g/mol. The largest absolute Gasteiger partial charge is 0.469 e. The highest BCUT2D eigenvalue weighted by molar-refractivity contribution is 8.00. The van der Waals surface area contributed by atoms with E-state index in [1.807, 2.05) is 20.0 Å². The van der Waals surface area contributed by atoms with Gasteiger partial charge in [-0.25, -0.2) is 4.79 Å². The molecule has 8 nitrogen and oxygen atoms in total. The van der Waals surface area contributed by atoms with Crippen LogP contribution in [0.25, 0.3) is 11.4 Å². The Labute approximate surface area is 131 Å². The lowest BCUT2D eigenvalue weighted by Crippen LogP contribution is -2.41. The standard InChI is InChI=1S/C13H17N5O3S/c1-7-9(5-6-21-7)10-16-17-13(18(10)4)22-8(2)11(19)15-12(20)14-3/h5-6,8H,1-4H3,(H2,14,15,19,20). The van der Waals surface area contributed by atoms with E-state index in [4.69, 9.17) is 4.42 Å². The number of carbonyl (C=O) groups is 2. The van der Waals surface area contributed by atoms with Crippen LogP contribution in [0.4, 0.5) is 4.79 Å². The van der Waals surface area contributed by atoms with E-state index in [1.165, 1.54) is 18.8 Å². The van der Waals surface area contributed by atoms with Gasteiger partial charge in [-0.1, -0.05) is 11.8 Å². The van der Waals surface area contributed by atoms with Crippen LogP contribution < -0.4 is 10.6 Å². The molecular formula is C13H17N5O3S. The number of carbonyl (C=O) groups excluding carboxylic acids is 2. The number of aryl methyl sites for hydroxylation is 1. The van der Waals surface area contributed by atoms with E-state index in [-0.39, 0.29) is 0 Å². The number of amides is 3. The smallest absolute Gasteiger partial charge is 0.321 e. The summed E-state index contributed by atoms with van der Waals surface area (Å²) in [6, 6.07) is 1.28. The fourth-order valence-corrected chi connectivity index (χ4v) is 2.57. The Kier molecular flexibility index (Phi) is 4.86. The van der Waals surface area contributed by atoms with Crippen molar-refractivity contribution in [2.24, 2.45) is 7.05 Å². The fourth-order valence-electron chi connectivity index (χ4n) is 1.76. The van der Waals surface area contributed by atoms with Crippen molar-refractivity contribution in [2.75, 3.05) is 7.05 Å². The van der Waals surface area contributed by atoms with Gasteiger partial charge in [0.2, 0.25) is 5.91 Å². The van der Waals surface area contributed by atoms with Crippen LogP contribution in [0.15, 0.2) is 21.9 Å². The van der Waals surface area contributed by atoms with Gasteiger partial charge < -0.3 is 14.3 Å². The van der Waals surface area contributed by atoms with Gasteiger partial charge in [0.15, 0.2) is 11.0 Å². The summed E-state index contributed by atoms with van der Waals surface area (Å²) in [6.45, 7) is 3.54. The van der Waals surface area contributed by atoms with Crippen molar-refractivity contribution in [2.45, 2.75) is 24.3 Å². The van der Waals surface area contributed by atoms with Crippen LogP contribution in [0.3, 0.4) is 0 Å². The van der Waals surface area contributed by atoms with Crippen molar-refractivity contribution in [1.29, 1.82) is 0 Å². The van der Waals surface area contributed by atoms with Crippen molar-refractivity contribution in [3.8, 4) is 11.4 Å². The maximum absolute atomic E-state index is 11.9. The summed E-state index contributed by atoms with van der Waals surface area (Å²) in [6.07, 6.45) is 1.59. The van der Waals surface area contributed by atoms with Crippen LogP contribution >= 0.6 is 11.8 Å². The second-order valence-corrected chi connectivity index (χ2v) is 5.89. The average molecular weight is 323 g/mol. The molecule has 9 heteroatoms. The molecule has 0 aromatic carbocycles. The normalized spacial score (nSPS) is 12.0. The zero-order valence-corrected chi connectivity index (χ0v) is 13.5. The fraction of sp³-hybridized carbons (Fsp3) is 0.385. The predicted octanol–water partition coefficient (Wildman–Crippen LogP) is 1.32. The first-order valence-electron chi connectivity index (χ1n) is 6.57. The number of nitrogens with one attached hydrogen (secondary N) is 2. The first-order valence-corrected chi connectivity index (χ1v) is 7.45. The topological polar surface area (TPSA) is 102 Å². The maximum Gasteiger partial charge on any atom is 0.321 e. The molecule has 0 aliphatic carbocycles. The quantitative estimate of drug-likeness (QED) is 0.823. The number of urea groups is 1. The molecule has 118 valence electrons. The molecule has 3 amide bonds. The van der Waals surface area contributed by atoms with Gasteiger partial charge in [0, 0.05) is 14.1 Å². The molecule has 0 saturated heterocycles. The molecule has 0 aliphatic heterocycles. The van der Waals surface area contributed by atoms with Crippen LogP contribution in [-0.4, -0.2) is 39.0 Å². The Morgan fingerprint density at radius 1 is 1.41 bits per heavy atom. The van der Waals surface area contributed by atoms with Gasteiger partial charge in [0.25, 0.3) is 0 Å². The molecule has 0 radical (unpaired) electrons. The lowest BCUT2D eigenvalue weighted by Gasteiger charge is -2.10. The highest BCUT2D eigenvalue weighted by Gasteiger charge is 2.21. The van der Waals surface area contributed by atoms with Crippen LogP contribution in [0.1, 0.15) is 12.7 Å². The van der Waals surface area contributed by atoms with Gasteiger partial charge in [-0.05, 0) is 19.9 Å². The molecule has 2 heterocycles. The van der Waals surface area contributed by atoms with Crippen LogP contribution in [-0.2, 0) is 11.8 Å². The summed E-state index contributed by atoms with van der Waals surface area (Å²) in [5.41, 5.74) is 0.851. The number of hydrogen-bond acceptors (Lipinski definition) is 6. The van der Waals surface area contributed by atoms with E-state index >= 15 is 0 Å². The van der Waals surface area contributed by atoms with E-state index in [0.29, 0.717) is 11.0 Å². The number of imide groups is 1. The molecule has 1 unspecified atom stereocenters. The number of thioether (sulfide) groups is 1. The van der Waals surface area contributed by atoms with Crippen molar-refractivity contribution in [1.82, 2.24) is 25.4 Å². The number of furan rings is 1. The van der Waals surface area contributed by atoms with Gasteiger partial charge in [-0.15, -0.1) is 10.2 Å². The van der Waals surface area contributed by atoms with Crippen molar-refractivity contribution >= 4 is 23.7 Å². The summed E-state index contributed by atoms with van der Waals surface area (Å²) in [4.78, 5) is 23.0. The van der Waals surface area contributed by atoms with Crippen LogP contribution in [0.5, 0.6) is 0 Å². The number of hydrogen-bond donors (Lipinski definition) is 2. The number of rotatable bonds is 4. The second-order valence-electron chi connectivity index (χ2n) is 4.58. The van der Waals surface area contributed by atoms with Crippen molar-refractivity contribution in [3.63, 3.8) is 0 Å². The molecule has 2 rings (SSSR count). The first-order chi connectivity index (χ1) is 10.4. The van der Waals surface area contributed by atoms with Gasteiger partial charge in [-0.2, -0.15) is 0 Å². The summed E-state index contributed by atoms with van der Waals surface area (Å²) >= 11 is 1.22. The number of nitrogens with zero attached hydrogens (tertiary/aromatic N) is 3. The molecule has 22 heavy (non-hydrogen) atoms. The van der Waals surface area contributed by atoms with Crippen molar-refractivity contribution in [3.05, 3.63) is 18.1 Å². The second kappa shape index (κ2) is 6.65. The SMILES string of the molecule is CNC(=O)NC(=O)C(C)Sc1nnc(-c2ccoc2C)n1C. The average Bonchev–Trinajstić information content (AvgIpc) is 3.05. The van der Waals surface area contributed by atoms with Gasteiger partial charge >= 0.3 is 6.03 Å². The Morgan fingerprint density at radius 3 is 2.73 bits per heavy atom. The lowest BCUT2D eigenvalue weighted by molar-refractivity contribution is -0.119. The zero-order valence-electron chi connectivity index (χ0n) is 12.7. The Bertz CT molecular complexity index is 694. The molecule has 0 aliphatic rings. The third-order valence-electron chi connectivity index (χ3n) is 3.05. The lowest BCUT2D eigenvalue weighted by atomic mass is 10.2. The van der Waals surface area contributed by atoms with Gasteiger partial charge in [-0.3, -0.25) is 10.1 Å². The van der Waals surface area contributed by atoms with Gasteiger partial charge in [0.05, 0.1) is 17.1 Å². The minimum atomic E-state index is -0.537. The highest BCUT2D eigenvalue weighted by Crippen LogP contribution is 2.27. The van der Waals surface area contributed by atoms with E-state index in [9.17, 15) is 9.59 Å². The third-order valence-corrected chi connectivity index (χ3v) is 4.18. The molecule has 0 bridgehead atoms. The Hall–Kier alpha value is -2.29. The van der Waals surface area contributed by atoms with Crippen molar-refractivity contribution < 1.29 is 14.0 Å². The van der Waals surface area contributed by atoms with Gasteiger partial charge in [0.1, 0.15) is 5.76 Å². The molecule has 1 atom stereocenters. The van der Waals surface area contributed by atoms with Crippen LogP contribution in [0, 0.1) is 6.92 Å². The zero-order chi connectivity index (χ0) is 16.3.